The van der Waals surface area contributed by atoms with Gasteiger partial charge < -0.3 is 21.5 Å². The number of benzene rings is 1. The highest BCUT2D eigenvalue weighted by Gasteiger charge is 2.30. The molecule has 1 aliphatic heterocycles. The molecule has 1 unspecified atom stereocenters. The zero-order valence-corrected chi connectivity index (χ0v) is 17.8. The fourth-order valence-electron chi connectivity index (χ4n) is 3.57. The van der Waals surface area contributed by atoms with Crippen LogP contribution < -0.4 is 16.8 Å². The lowest BCUT2D eigenvalue weighted by Gasteiger charge is -2.17. The van der Waals surface area contributed by atoms with Gasteiger partial charge >= 0.3 is 0 Å². The molecule has 0 aliphatic carbocycles. The minimum Gasteiger partial charge on any atom is -0.389 e. The molecule has 0 radical (unpaired) electrons. The van der Waals surface area contributed by atoms with E-state index in [0.717, 1.165) is 23.5 Å². The molecule has 4 rings (SSSR count). The number of alkyl halides is 1. The summed E-state index contributed by atoms with van der Waals surface area (Å²) in [6, 6.07) is 2.80. The number of aromatic nitrogens is 3. The number of halogens is 3. The number of nitrogen functional groups attached to an aromatic ring is 1. The SMILES string of the molecule is Cn1ncc(NC(=O)c2nc(-c3c(F)cccc3F)sc2N)c1C1CC[C@@H](N)[C@@H](F)CO1. The number of amides is 1. The second kappa shape index (κ2) is 8.88. The first-order valence-corrected chi connectivity index (χ1v) is 10.6. The molecule has 1 aliphatic rings. The van der Waals surface area contributed by atoms with Crippen LogP contribution >= 0.6 is 11.3 Å². The lowest BCUT2D eigenvalue weighted by molar-refractivity contribution is 0.0247. The average molecular weight is 466 g/mol. The largest absolute Gasteiger partial charge is 0.389 e. The van der Waals surface area contributed by atoms with Crippen LogP contribution in [0.2, 0.25) is 0 Å². The van der Waals surface area contributed by atoms with E-state index in [4.69, 9.17) is 16.2 Å². The van der Waals surface area contributed by atoms with Crippen molar-refractivity contribution in [1.82, 2.24) is 14.8 Å². The number of anilines is 2. The van der Waals surface area contributed by atoms with Crippen LogP contribution in [0.15, 0.2) is 24.4 Å². The van der Waals surface area contributed by atoms with E-state index in [0.29, 0.717) is 24.2 Å². The second-order valence-electron chi connectivity index (χ2n) is 7.43. The van der Waals surface area contributed by atoms with E-state index in [1.54, 1.807) is 7.05 Å². The van der Waals surface area contributed by atoms with Gasteiger partial charge in [0.1, 0.15) is 33.9 Å². The highest BCUT2D eigenvalue weighted by Crippen LogP contribution is 2.35. The van der Waals surface area contributed by atoms with E-state index in [1.807, 2.05) is 0 Å². The fraction of sp³-hybridized carbons (Fsp3) is 0.350. The molecule has 32 heavy (non-hydrogen) atoms. The molecular formula is C20H21F3N6O2S. The number of ether oxygens (including phenoxy) is 1. The molecule has 3 atom stereocenters. The van der Waals surface area contributed by atoms with Crippen molar-refractivity contribution in [2.75, 3.05) is 17.7 Å². The maximum absolute atomic E-state index is 14.1. The Hall–Kier alpha value is -2.96. The number of aryl methyl sites for hydroxylation is 1. The third-order valence-corrected chi connectivity index (χ3v) is 6.17. The minimum absolute atomic E-state index is 0.00237. The third-order valence-electron chi connectivity index (χ3n) is 5.27. The third kappa shape index (κ3) is 4.20. The fourth-order valence-corrected chi connectivity index (χ4v) is 4.44. The van der Waals surface area contributed by atoms with Gasteiger partial charge in [-0.2, -0.15) is 5.10 Å². The van der Waals surface area contributed by atoms with Crippen LogP contribution in [0, 0.1) is 11.6 Å². The van der Waals surface area contributed by atoms with Gasteiger partial charge in [-0.15, -0.1) is 0 Å². The van der Waals surface area contributed by atoms with Crippen molar-refractivity contribution in [2.24, 2.45) is 12.8 Å². The summed E-state index contributed by atoms with van der Waals surface area (Å²) in [4.78, 5) is 16.9. The normalized spacial score (nSPS) is 21.3. The van der Waals surface area contributed by atoms with Gasteiger partial charge in [0.25, 0.3) is 5.91 Å². The molecule has 1 aromatic carbocycles. The van der Waals surface area contributed by atoms with Crippen LogP contribution in [0.25, 0.3) is 10.6 Å². The van der Waals surface area contributed by atoms with Crippen molar-refractivity contribution in [2.45, 2.75) is 31.2 Å². The first-order valence-electron chi connectivity index (χ1n) is 9.81. The first kappa shape index (κ1) is 22.2. The van der Waals surface area contributed by atoms with Crippen LogP contribution in [0.5, 0.6) is 0 Å². The van der Waals surface area contributed by atoms with Crippen molar-refractivity contribution in [3.8, 4) is 10.6 Å². The maximum atomic E-state index is 14.1. The molecule has 0 saturated carbocycles. The predicted octanol–water partition coefficient (Wildman–Crippen LogP) is 3.17. The summed E-state index contributed by atoms with van der Waals surface area (Å²) >= 11 is 0.800. The summed E-state index contributed by atoms with van der Waals surface area (Å²) in [6.45, 7) is -0.166. The lowest BCUT2D eigenvalue weighted by atomic mass is 10.0. The molecule has 1 fully saturated rings. The van der Waals surface area contributed by atoms with Crippen LogP contribution in [0.3, 0.4) is 0 Å². The van der Waals surface area contributed by atoms with Gasteiger partial charge in [-0.05, 0) is 25.0 Å². The van der Waals surface area contributed by atoms with E-state index in [1.165, 1.54) is 16.9 Å². The maximum Gasteiger partial charge on any atom is 0.277 e. The van der Waals surface area contributed by atoms with Gasteiger partial charge in [-0.1, -0.05) is 17.4 Å². The molecule has 2 aromatic heterocycles. The van der Waals surface area contributed by atoms with Crippen molar-refractivity contribution in [1.29, 1.82) is 0 Å². The monoisotopic (exact) mass is 466 g/mol. The summed E-state index contributed by atoms with van der Waals surface area (Å²) in [5.74, 6) is -2.30. The van der Waals surface area contributed by atoms with Gasteiger partial charge in [0.15, 0.2) is 5.69 Å². The van der Waals surface area contributed by atoms with Crippen LogP contribution in [-0.2, 0) is 11.8 Å². The van der Waals surface area contributed by atoms with E-state index in [9.17, 15) is 18.0 Å². The van der Waals surface area contributed by atoms with Gasteiger partial charge in [0, 0.05) is 13.1 Å². The zero-order valence-electron chi connectivity index (χ0n) is 17.0. The molecule has 1 amide bonds. The molecule has 8 nitrogen and oxygen atoms in total. The standard InChI is InChI=1S/C20H21F3N6O2S/c1-29-17(14-6-5-12(24)11(23)8-31-14)13(7-26-29)27-19(30)16-18(25)32-20(28-16)15-9(21)3-2-4-10(15)22/h2-4,7,11-12,14H,5-6,8,24-25H2,1H3,(H,27,30)/t11-,12+,14?/m0/s1. The summed E-state index contributed by atoms with van der Waals surface area (Å²) in [5, 5.41) is 6.78. The Morgan fingerprint density at radius 3 is 2.75 bits per heavy atom. The Balaban J connectivity index is 1.59. The average Bonchev–Trinajstić information content (AvgIpc) is 3.25. The minimum atomic E-state index is -1.28. The smallest absolute Gasteiger partial charge is 0.277 e. The van der Waals surface area contributed by atoms with Gasteiger partial charge in [0.05, 0.1) is 29.7 Å². The number of rotatable bonds is 4. The number of hydrogen-bond acceptors (Lipinski definition) is 7. The van der Waals surface area contributed by atoms with Crippen molar-refractivity contribution in [3.05, 3.63) is 47.4 Å². The quantitative estimate of drug-likeness (QED) is 0.543. The molecule has 3 aromatic rings. The topological polar surface area (TPSA) is 121 Å². The van der Waals surface area contributed by atoms with Crippen molar-refractivity contribution < 1.29 is 22.7 Å². The summed E-state index contributed by atoms with van der Waals surface area (Å²) in [5.41, 5.74) is 12.1. The Morgan fingerprint density at radius 1 is 1.31 bits per heavy atom. The molecule has 1 saturated heterocycles. The molecule has 3 heterocycles. The molecular weight excluding hydrogens is 445 g/mol. The second-order valence-corrected chi connectivity index (χ2v) is 8.46. The van der Waals surface area contributed by atoms with Crippen LogP contribution in [0.4, 0.5) is 23.9 Å². The summed E-state index contributed by atoms with van der Waals surface area (Å²) in [7, 11) is 1.67. The number of nitrogens with two attached hydrogens (primary N) is 2. The van der Waals surface area contributed by atoms with Crippen molar-refractivity contribution >= 4 is 27.9 Å². The van der Waals surface area contributed by atoms with Gasteiger partial charge in [0.2, 0.25) is 0 Å². The highest BCUT2D eigenvalue weighted by molar-refractivity contribution is 7.19. The van der Waals surface area contributed by atoms with Crippen LogP contribution in [0.1, 0.15) is 35.1 Å². The molecule has 0 spiro atoms. The van der Waals surface area contributed by atoms with E-state index >= 15 is 0 Å². The predicted molar refractivity (Wildman–Crippen MR) is 114 cm³/mol. The molecule has 5 N–H and O–H groups in total. The van der Waals surface area contributed by atoms with E-state index < -0.39 is 35.9 Å². The molecule has 170 valence electrons. The molecule has 0 bridgehead atoms. The Labute approximate surface area is 185 Å². The Kier molecular flexibility index (Phi) is 6.17. The number of hydrogen-bond donors (Lipinski definition) is 3. The first-order chi connectivity index (χ1) is 15.3. The summed E-state index contributed by atoms with van der Waals surface area (Å²) < 4.78 is 49.3. The van der Waals surface area contributed by atoms with Crippen LogP contribution in [-0.4, -0.2) is 39.5 Å². The number of nitrogens with zero attached hydrogens (tertiary/aromatic N) is 3. The highest BCUT2D eigenvalue weighted by atomic mass is 32.1. The number of carbonyl (C=O) groups is 1. The lowest BCUT2D eigenvalue weighted by Crippen LogP contribution is -2.32. The Morgan fingerprint density at radius 2 is 2.03 bits per heavy atom. The zero-order chi connectivity index (χ0) is 23.0. The summed E-state index contributed by atoms with van der Waals surface area (Å²) in [6.07, 6.45) is 0.466. The number of nitrogens with one attached hydrogen (secondary N) is 1. The molecule has 12 heteroatoms. The number of carbonyl (C=O) groups excluding carboxylic acids is 1. The van der Waals surface area contributed by atoms with Gasteiger partial charge in [-0.25, -0.2) is 18.2 Å². The Bertz CT molecular complexity index is 1120. The van der Waals surface area contributed by atoms with E-state index in [-0.39, 0.29) is 27.9 Å². The van der Waals surface area contributed by atoms with E-state index in [2.05, 4.69) is 15.4 Å². The van der Waals surface area contributed by atoms with Crippen molar-refractivity contribution in [3.63, 3.8) is 0 Å². The number of thiazole rings is 1. The van der Waals surface area contributed by atoms with Gasteiger partial charge in [-0.3, -0.25) is 9.48 Å².